The van der Waals surface area contributed by atoms with Gasteiger partial charge in [0.25, 0.3) is 0 Å². The molecule has 3 heteroatoms. The van der Waals surface area contributed by atoms with Gasteiger partial charge < -0.3 is 0 Å². The van der Waals surface area contributed by atoms with Crippen LogP contribution in [0.1, 0.15) is 41.5 Å². The molecule has 0 atom stereocenters. The van der Waals surface area contributed by atoms with E-state index in [4.69, 9.17) is 0 Å². The van der Waals surface area contributed by atoms with Crippen LogP contribution in [0.3, 0.4) is 0 Å². The van der Waals surface area contributed by atoms with Crippen LogP contribution in [-0.4, -0.2) is 22.1 Å². The first-order valence-corrected chi connectivity index (χ1v) is 5.74. The van der Waals surface area contributed by atoms with Crippen LogP contribution in [0.4, 0.5) is 0 Å². The summed E-state index contributed by atoms with van der Waals surface area (Å²) in [7, 11) is 0. The van der Waals surface area contributed by atoms with E-state index < -0.39 is 4.75 Å². The molecule has 0 unspecified atom stereocenters. The maximum Gasteiger partial charge on any atom is 0.148 e. The number of ketones is 2. The average Bonchev–Trinajstić information content (AvgIpc) is 1.98. The molecule has 0 saturated carbocycles. The Bertz CT molecular complexity index is 236. The second kappa shape index (κ2) is 4.47. The van der Waals surface area contributed by atoms with Crippen molar-refractivity contribution in [3.8, 4) is 0 Å². The molecule has 0 heterocycles. The first kappa shape index (κ1) is 13.7. The molecule has 0 aliphatic heterocycles. The summed E-state index contributed by atoms with van der Waals surface area (Å²) in [5, 5.41) is 0. The predicted octanol–water partition coefficient (Wildman–Crippen LogP) is 2.70. The summed E-state index contributed by atoms with van der Waals surface area (Å²) in [6, 6.07) is 0. The van der Waals surface area contributed by atoms with Crippen molar-refractivity contribution in [2.24, 2.45) is 5.41 Å². The highest BCUT2D eigenvalue weighted by Crippen LogP contribution is 2.28. The van der Waals surface area contributed by atoms with Crippen LogP contribution >= 0.6 is 11.8 Å². The Kier molecular flexibility index (Phi) is 4.37. The zero-order chi connectivity index (χ0) is 11.6. The summed E-state index contributed by atoms with van der Waals surface area (Å²) >= 11 is 1.42. The van der Waals surface area contributed by atoms with Crippen molar-refractivity contribution in [2.45, 2.75) is 46.3 Å². The van der Waals surface area contributed by atoms with Crippen molar-refractivity contribution in [3.63, 3.8) is 0 Å². The summed E-state index contributed by atoms with van der Waals surface area (Å²) in [5.41, 5.74) is -0.306. The van der Waals surface area contributed by atoms with Crippen LogP contribution in [0.15, 0.2) is 0 Å². The highest BCUT2D eigenvalue weighted by molar-refractivity contribution is 8.02. The first-order valence-electron chi connectivity index (χ1n) is 4.75. The van der Waals surface area contributed by atoms with Crippen molar-refractivity contribution in [1.29, 1.82) is 0 Å². The van der Waals surface area contributed by atoms with E-state index in [1.165, 1.54) is 11.8 Å². The SMILES string of the molecule is CC(=O)C(C)(C)SCC(=O)C(C)(C)C. The second-order valence-corrected chi connectivity index (χ2v) is 6.63. The van der Waals surface area contributed by atoms with Crippen molar-refractivity contribution >= 4 is 23.3 Å². The number of hydrogen-bond donors (Lipinski definition) is 0. The zero-order valence-corrected chi connectivity index (χ0v) is 10.7. The van der Waals surface area contributed by atoms with E-state index in [-0.39, 0.29) is 17.0 Å². The summed E-state index contributed by atoms with van der Waals surface area (Å²) in [5.74, 6) is 0.719. The number of hydrogen-bond acceptors (Lipinski definition) is 3. The van der Waals surface area contributed by atoms with Crippen molar-refractivity contribution in [2.75, 3.05) is 5.75 Å². The minimum absolute atomic E-state index is 0.115. The molecule has 0 aliphatic rings. The van der Waals surface area contributed by atoms with Gasteiger partial charge in [-0.25, -0.2) is 0 Å². The minimum Gasteiger partial charge on any atom is -0.298 e. The number of thioether (sulfide) groups is 1. The molecule has 0 rings (SSSR count). The van der Waals surface area contributed by atoms with Crippen molar-refractivity contribution in [3.05, 3.63) is 0 Å². The van der Waals surface area contributed by atoms with Gasteiger partial charge in [-0.15, -0.1) is 11.8 Å². The van der Waals surface area contributed by atoms with Gasteiger partial charge in [-0.2, -0.15) is 0 Å². The molecule has 0 saturated heterocycles. The van der Waals surface area contributed by atoms with Crippen LogP contribution < -0.4 is 0 Å². The monoisotopic (exact) mass is 216 g/mol. The summed E-state index contributed by atoms with van der Waals surface area (Å²) in [4.78, 5) is 22.8. The van der Waals surface area contributed by atoms with E-state index in [0.29, 0.717) is 5.75 Å². The summed E-state index contributed by atoms with van der Waals surface area (Å²) < 4.78 is -0.444. The Balaban J connectivity index is 4.21. The number of carbonyl (C=O) groups excluding carboxylic acids is 2. The van der Waals surface area contributed by atoms with Crippen molar-refractivity contribution in [1.82, 2.24) is 0 Å². The summed E-state index contributed by atoms with van der Waals surface area (Å²) in [6.07, 6.45) is 0. The Hall–Kier alpha value is -0.310. The molecule has 2 nitrogen and oxygen atoms in total. The fourth-order valence-electron chi connectivity index (χ4n) is 0.564. The molecule has 0 aromatic carbocycles. The number of carbonyl (C=O) groups is 2. The maximum atomic E-state index is 11.6. The summed E-state index contributed by atoms with van der Waals surface area (Å²) in [6.45, 7) is 11.0. The molecule has 0 aromatic rings. The van der Waals surface area contributed by atoms with Gasteiger partial charge in [0, 0.05) is 5.41 Å². The average molecular weight is 216 g/mol. The van der Waals surface area contributed by atoms with Gasteiger partial charge in [0.05, 0.1) is 10.5 Å². The molecule has 14 heavy (non-hydrogen) atoms. The van der Waals surface area contributed by atoms with Crippen LogP contribution in [-0.2, 0) is 9.59 Å². The fourth-order valence-corrected chi connectivity index (χ4v) is 1.69. The minimum atomic E-state index is -0.444. The lowest BCUT2D eigenvalue weighted by Crippen LogP contribution is -2.29. The molecule has 82 valence electrons. The molecule has 0 spiro atoms. The molecule has 0 aliphatic carbocycles. The molecule has 0 amide bonds. The lowest BCUT2D eigenvalue weighted by Gasteiger charge is -2.23. The van der Waals surface area contributed by atoms with Gasteiger partial charge >= 0.3 is 0 Å². The third-order valence-corrected chi connectivity index (χ3v) is 3.66. The van der Waals surface area contributed by atoms with Gasteiger partial charge in [0.15, 0.2) is 0 Å². The third kappa shape index (κ3) is 4.27. The normalized spacial score (nSPS) is 12.7. The molecule has 0 N–H and O–H groups in total. The van der Waals surface area contributed by atoms with Crippen LogP contribution in [0.2, 0.25) is 0 Å². The highest BCUT2D eigenvalue weighted by atomic mass is 32.2. The standard InChI is InChI=1S/C11H20O2S/c1-8(12)11(5,6)14-7-9(13)10(2,3)4/h7H2,1-6H3. The van der Waals surface area contributed by atoms with E-state index in [2.05, 4.69) is 0 Å². The van der Waals surface area contributed by atoms with E-state index in [0.717, 1.165) is 0 Å². The smallest absolute Gasteiger partial charge is 0.148 e. The van der Waals surface area contributed by atoms with Crippen LogP contribution in [0.25, 0.3) is 0 Å². The van der Waals surface area contributed by atoms with Gasteiger partial charge in [0.2, 0.25) is 0 Å². The Labute approximate surface area is 90.8 Å². The molecule has 0 radical (unpaired) electrons. The highest BCUT2D eigenvalue weighted by Gasteiger charge is 2.28. The molecular weight excluding hydrogens is 196 g/mol. The van der Waals surface area contributed by atoms with Crippen LogP contribution in [0.5, 0.6) is 0 Å². The molecule has 0 aromatic heterocycles. The third-order valence-electron chi connectivity index (χ3n) is 2.25. The van der Waals surface area contributed by atoms with Crippen molar-refractivity contribution < 1.29 is 9.59 Å². The zero-order valence-electron chi connectivity index (χ0n) is 9.93. The largest absolute Gasteiger partial charge is 0.298 e. The lowest BCUT2D eigenvalue weighted by molar-refractivity contribution is -0.123. The maximum absolute atomic E-state index is 11.6. The number of rotatable bonds is 4. The van der Waals surface area contributed by atoms with E-state index in [1.54, 1.807) is 6.92 Å². The van der Waals surface area contributed by atoms with Gasteiger partial charge in [-0.3, -0.25) is 9.59 Å². The molecule has 0 bridgehead atoms. The fraction of sp³-hybridized carbons (Fsp3) is 0.818. The first-order chi connectivity index (χ1) is 6.07. The van der Waals surface area contributed by atoms with Gasteiger partial charge in [0.1, 0.15) is 11.6 Å². The number of Topliss-reactive ketones (excluding diaryl/α,β-unsaturated/α-hetero) is 2. The Morgan fingerprint density at radius 3 is 1.79 bits per heavy atom. The quantitative estimate of drug-likeness (QED) is 0.724. The van der Waals surface area contributed by atoms with E-state index in [1.807, 2.05) is 34.6 Å². The Morgan fingerprint density at radius 2 is 1.50 bits per heavy atom. The topological polar surface area (TPSA) is 34.1 Å². The van der Waals surface area contributed by atoms with Gasteiger partial charge in [-0.05, 0) is 20.8 Å². The Morgan fingerprint density at radius 1 is 1.07 bits per heavy atom. The van der Waals surface area contributed by atoms with E-state index in [9.17, 15) is 9.59 Å². The lowest BCUT2D eigenvalue weighted by atomic mass is 9.92. The molecular formula is C11H20O2S. The second-order valence-electron chi connectivity index (χ2n) is 5.03. The van der Waals surface area contributed by atoms with Gasteiger partial charge in [-0.1, -0.05) is 20.8 Å². The van der Waals surface area contributed by atoms with E-state index >= 15 is 0 Å². The van der Waals surface area contributed by atoms with Crippen LogP contribution in [0, 0.1) is 5.41 Å². The molecule has 0 fully saturated rings. The predicted molar refractivity (Wildman–Crippen MR) is 61.7 cm³/mol.